The third-order valence-electron chi connectivity index (χ3n) is 3.94. The van der Waals surface area contributed by atoms with Crippen molar-refractivity contribution in [3.63, 3.8) is 0 Å². The van der Waals surface area contributed by atoms with Crippen molar-refractivity contribution in [2.75, 3.05) is 26.2 Å². The van der Waals surface area contributed by atoms with E-state index in [2.05, 4.69) is 27.8 Å². The molecule has 146 valence electrons. The van der Waals surface area contributed by atoms with Gasteiger partial charge >= 0.3 is 11.9 Å². The fourth-order valence-electron chi connectivity index (χ4n) is 2.70. The molecule has 1 atom stereocenters. The Morgan fingerprint density at radius 1 is 1.31 bits per heavy atom. The molecule has 1 aromatic carbocycles. The summed E-state index contributed by atoms with van der Waals surface area (Å²) in [5, 5.41) is 15.5. The topological polar surface area (TPSA) is 87.1 Å². The molecule has 1 heterocycles. The Balaban J connectivity index is 0.000000487. The van der Waals surface area contributed by atoms with E-state index in [-0.39, 0.29) is 0 Å². The van der Waals surface area contributed by atoms with Crippen LogP contribution in [0.5, 0.6) is 5.75 Å². The summed E-state index contributed by atoms with van der Waals surface area (Å²) in [6, 6.07) is 5.74. The van der Waals surface area contributed by atoms with Gasteiger partial charge in [-0.15, -0.1) is 0 Å². The number of piperidine rings is 1. The second kappa shape index (κ2) is 12.1. The zero-order valence-corrected chi connectivity index (χ0v) is 17.1. The molecule has 0 aromatic heterocycles. The quantitative estimate of drug-likeness (QED) is 0.500. The van der Waals surface area contributed by atoms with Gasteiger partial charge in [-0.2, -0.15) is 0 Å². The molecule has 0 radical (unpaired) electrons. The van der Waals surface area contributed by atoms with Gasteiger partial charge in [0, 0.05) is 11.0 Å². The lowest BCUT2D eigenvalue weighted by atomic mass is 10.0. The third kappa shape index (κ3) is 9.40. The number of likely N-dealkylation sites (tertiary alicyclic amines) is 1. The molecule has 1 aliphatic rings. The maximum atomic E-state index is 9.10. The summed E-state index contributed by atoms with van der Waals surface area (Å²) < 4.78 is 6.71. The Morgan fingerprint density at radius 2 is 2.00 bits per heavy atom. The molecule has 1 unspecified atom stereocenters. The number of hydrogen-bond acceptors (Lipinski definition) is 4. The molecule has 26 heavy (non-hydrogen) atoms. The van der Waals surface area contributed by atoms with Crippen molar-refractivity contribution >= 4 is 39.5 Å². The predicted octanol–water partition coefficient (Wildman–Crippen LogP) is 4.15. The maximum Gasteiger partial charge on any atom is 0.414 e. The second-order valence-corrected chi connectivity index (χ2v) is 7.61. The molecule has 0 amide bonds. The van der Waals surface area contributed by atoms with Crippen molar-refractivity contribution in [2.45, 2.75) is 32.6 Å². The molecule has 0 aliphatic carbocycles. The Bertz CT molecular complexity index is 587. The van der Waals surface area contributed by atoms with Gasteiger partial charge in [-0.25, -0.2) is 9.59 Å². The maximum absolute atomic E-state index is 9.10. The van der Waals surface area contributed by atoms with E-state index in [9.17, 15) is 0 Å². The fourth-order valence-corrected chi connectivity index (χ4v) is 3.43. The van der Waals surface area contributed by atoms with Gasteiger partial charge in [0.15, 0.2) is 0 Å². The number of ether oxygens (including phenoxy) is 1. The molecule has 1 fully saturated rings. The number of unbranched alkanes of at least 4 members (excludes halogenated alkanes) is 1. The van der Waals surface area contributed by atoms with Crippen molar-refractivity contribution < 1.29 is 24.5 Å². The average molecular weight is 451 g/mol. The molecule has 8 heteroatoms. The van der Waals surface area contributed by atoms with E-state index in [1.54, 1.807) is 0 Å². The Kier molecular flexibility index (Phi) is 10.6. The number of carbonyl (C=O) groups is 2. The Labute approximate surface area is 167 Å². The van der Waals surface area contributed by atoms with Gasteiger partial charge in [-0.3, -0.25) is 0 Å². The second-order valence-electron chi connectivity index (χ2n) is 6.29. The van der Waals surface area contributed by atoms with Crippen LogP contribution in [-0.4, -0.2) is 53.3 Å². The summed E-state index contributed by atoms with van der Waals surface area (Å²) in [4.78, 5) is 20.8. The molecule has 0 bridgehead atoms. The van der Waals surface area contributed by atoms with Crippen LogP contribution in [0.1, 0.15) is 32.6 Å². The highest BCUT2D eigenvalue weighted by Gasteiger charge is 2.15. The summed E-state index contributed by atoms with van der Waals surface area (Å²) in [5.74, 6) is -2.01. The molecular weight excluding hydrogens is 426 g/mol. The van der Waals surface area contributed by atoms with Gasteiger partial charge in [0.25, 0.3) is 0 Å². The molecular formula is C18H25BrClNO5. The molecule has 2 N–H and O–H groups in total. The smallest absolute Gasteiger partial charge is 0.414 e. The highest BCUT2D eigenvalue weighted by atomic mass is 79.9. The first-order valence-corrected chi connectivity index (χ1v) is 9.73. The first-order valence-electron chi connectivity index (χ1n) is 8.56. The van der Waals surface area contributed by atoms with Gasteiger partial charge in [0.1, 0.15) is 5.75 Å². The van der Waals surface area contributed by atoms with E-state index in [0.29, 0.717) is 5.02 Å². The lowest BCUT2D eigenvalue weighted by molar-refractivity contribution is -0.159. The van der Waals surface area contributed by atoms with Crippen LogP contribution in [0.3, 0.4) is 0 Å². The van der Waals surface area contributed by atoms with Gasteiger partial charge in [-0.1, -0.05) is 34.5 Å². The van der Waals surface area contributed by atoms with Gasteiger partial charge in [-0.05, 0) is 62.9 Å². The van der Waals surface area contributed by atoms with E-state index in [0.717, 1.165) is 29.2 Å². The van der Waals surface area contributed by atoms with Crippen molar-refractivity contribution in [3.05, 3.63) is 27.7 Å². The number of benzene rings is 1. The first-order chi connectivity index (χ1) is 12.3. The van der Waals surface area contributed by atoms with Crippen LogP contribution in [0.2, 0.25) is 5.02 Å². The van der Waals surface area contributed by atoms with Crippen LogP contribution in [0, 0.1) is 5.92 Å². The number of hydrogen-bond donors (Lipinski definition) is 2. The zero-order valence-electron chi connectivity index (χ0n) is 14.8. The molecule has 1 aromatic rings. The van der Waals surface area contributed by atoms with Crippen LogP contribution in [0.4, 0.5) is 0 Å². The van der Waals surface area contributed by atoms with Crippen LogP contribution >= 0.6 is 27.5 Å². The SMILES string of the molecule is CC1CCCN(CCCCOc2ccc(Br)cc2Cl)C1.O=C(O)C(=O)O. The highest BCUT2D eigenvalue weighted by Crippen LogP contribution is 2.27. The zero-order chi connectivity index (χ0) is 19.5. The lowest BCUT2D eigenvalue weighted by Crippen LogP contribution is -2.35. The summed E-state index contributed by atoms with van der Waals surface area (Å²) in [6.45, 7) is 6.82. The standard InChI is InChI=1S/C16H23BrClNO.C2H2O4/c1-13-5-4-9-19(12-13)8-2-3-10-20-16-7-6-14(17)11-15(16)18;3-1(4)2(5)6/h6-7,11,13H,2-5,8-10,12H2,1H3;(H,3,4)(H,5,6). The first kappa shape index (κ1) is 22.7. The van der Waals surface area contributed by atoms with Gasteiger partial charge < -0.3 is 19.8 Å². The predicted molar refractivity (Wildman–Crippen MR) is 104 cm³/mol. The average Bonchev–Trinajstić information content (AvgIpc) is 2.57. The fraction of sp³-hybridized carbons (Fsp3) is 0.556. The van der Waals surface area contributed by atoms with Gasteiger partial charge in [0.05, 0.1) is 11.6 Å². The summed E-state index contributed by atoms with van der Waals surface area (Å²) in [6.07, 6.45) is 5.02. The van der Waals surface area contributed by atoms with E-state index in [4.69, 9.17) is 36.1 Å². The van der Waals surface area contributed by atoms with E-state index in [1.165, 1.54) is 38.9 Å². The van der Waals surface area contributed by atoms with Crippen molar-refractivity contribution in [1.82, 2.24) is 4.90 Å². The van der Waals surface area contributed by atoms with Crippen LogP contribution in [0.15, 0.2) is 22.7 Å². The molecule has 2 rings (SSSR count). The minimum atomic E-state index is -1.82. The van der Waals surface area contributed by atoms with Crippen LogP contribution in [0.25, 0.3) is 0 Å². The summed E-state index contributed by atoms with van der Waals surface area (Å²) >= 11 is 9.51. The number of rotatable bonds is 6. The highest BCUT2D eigenvalue weighted by molar-refractivity contribution is 9.10. The number of aliphatic carboxylic acids is 2. The minimum Gasteiger partial charge on any atom is -0.492 e. The van der Waals surface area contributed by atoms with Crippen molar-refractivity contribution in [3.8, 4) is 5.75 Å². The third-order valence-corrected chi connectivity index (χ3v) is 4.73. The molecule has 6 nitrogen and oxygen atoms in total. The largest absolute Gasteiger partial charge is 0.492 e. The lowest BCUT2D eigenvalue weighted by Gasteiger charge is -2.30. The summed E-state index contributed by atoms with van der Waals surface area (Å²) in [5.41, 5.74) is 0. The Morgan fingerprint density at radius 3 is 2.58 bits per heavy atom. The molecule has 0 saturated carbocycles. The number of carboxylic acids is 2. The van der Waals surface area contributed by atoms with E-state index < -0.39 is 11.9 Å². The minimum absolute atomic E-state index is 0.671. The Hall–Kier alpha value is -1.31. The van der Waals surface area contributed by atoms with Crippen molar-refractivity contribution in [2.24, 2.45) is 5.92 Å². The van der Waals surface area contributed by atoms with Crippen molar-refractivity contribution in [1.29, 1.82) is 0 Å². The van der Waals surface area contributed by atoms with E-state index >= 15 is 0 Å². The number of halogens is 2. The van der Waals surface area contributed by atoms with Crippen LogP contribution < -0.4 is 4.74 Å². The van der Waals surface area contributed by atoms with Gasteiger partial charge in [0.2, 0.25) is 0 Å². The van der Waals surface area contributed by atoms with E-state index in [1.807, 2.05) is 18.2 Å². The number of carboxylic acid groups (broad SMARTS) is 2. The van der Waals surface area contributed by atoms with Crippen LogP contribution in [-0.2, 0) is 9.59 Å². The summed E-state index contributed by atoms with van der Waals surface area (Å²) in [7, 11) is 0. The molecule has 1 aliphatic heterocycles. The monoisotopic (exact) mass is 449 g/mol. The normalized spacial score (nSPS) is 17.1. The molecule has 1 saturated heterocycles. The number of nitrogens with zero attached hydrogens (tertiary/aromatic N) is 1. The molecule has 0 spiro atoms.